The minimum Gasteiger partial charge on any atom is -0.399 e. The highest BCUT2D eigenvalue weighted by Gasteiger charge is 2.14. The molecule has 1 atom stereocenters. The van der Waals surface area contributed by atoms with Crippen molar-refractivity contribution in [2.75, 3.05) is 5.73 Å². The van der Waals surface area contributed by atoms with Gasteiger partial charge >= 0.3 is 0 Å². The molecule has 0 saturated carbocycles. The van der Waals surface area contributed by atoms with Crippen LogP contribution in [0, 0.1) is 5.82 Å². The van der Waals surface area contributed by atoms with Gasteiger partial charge < -0.3 is 5.73 Å². The van der Waals surface area contributed by atoms with Crippen molar-refractivity contribution in [3.8, 4) is 0 Å². The maximum atomic E-state index is 13.6. The van der Waals surface area contributed by atoms with Crippen molar-refractivity contribution in [1.29, 1.82) is 0 Å². The monoisotopic (exact) mass is 317 g/mol. The van der Waals surface area contributed by atoms with Crippen LogP contribution >= 0.6 is 23.2 Å². The van der Waals surface area contributed by atoms with Crippen LogP contribution in [-0.2, 0) is 16.6 Å². The van der Waals surface area contributed by atoms with E-state index in [9.17, 15) is 8.60 Å². The van der Waals surface area contributed by atoms with Crippen molar-refractivity contribution < 1.29 is 8.60 Å². The molecule has 0 saturated heterocycles. The number of rotatable bonds is 3. The first kappa shape index (κ1) is 14.3. The third kappa shape index (κ3) is 3.26. The molecule has 0 aliphatic heterocycles. The van der Waals surface area contributed by atoms with Crippen molar-refractivity contribution in [2.45, 2.75) is 10.6 Å². The van der Waals surface area contributed by atoms with Crippen molar-refractivity contribution in [3.05, 3.63) is 57.8 Å². The molecule has 19 heavy (non-hydrogen) atoms. The summed E-state index contributed by atoms with van der Waals surface area (Å²) in [6.07, 6.45) is 0. The van der Waals surface area contributed by atoms with Crippen LogP contribution in [0.15, 0.2) is 41.3 Å². The van der Waals surface area contributed by atoms with Gasteiger partial charge in [-0.05, 0) is 30.3 Å². The Bertz CT molecular complexity index is 628. The maximum absolute atomic E-state index is 13.6. The maximum Gasteiger partial charge on any atom is 0.128 e. The van der Waals surface area contributed by atoms with Gasteiger partial charge in [-0.15, -0.1) is 0 Å². The van der Waals surface area contributed by atoms with Gasteiger partial charge in [-0.1, -0.05) is 29.3 Å². The first-order valence-electron chi connectivity index (χ1n) is 5.35. The van der Waals surface area contributed by atoms with Crippen molar-refractivity contribution in [2.24, 2.45) is 0 Å². The Kier molecular flexibility index (Phi) is 4.45. The lowest BCUT2D eigenvalue weighted by Crippen LogP contribution is -2.01. The fourth-order valence-electron chi connectivity index (χ4n) is 1.58. The number of nitrogen functional groups attached to an aromatic ring is 1. The van der Waals surface area contributed by atoms with Crippen molar-refractivity contribution in [1.82, 2.24) is 0 Å². The highest BCUT2D eigenvalue weighted by atomic mass is 35.5. The molecule has 0 aromatic heterocycles. The van der Waals surface area contributed by atoms with E-state index in [2.05, 4.69) is 0 Å². The lowest BCUT2D eigenvalue weighted by Gasteiger charge is -2.08. The molecule has 2 nitrogen and oxygen atoms in total. The van der Waals surface area contributed by atoms with Gasteiger partial charge in [-0.2, -0.15) is 0 Å². The molecular formula is C13H10Cl2FNOS. The van der Waals surface area contributed by atoms with Crippen LogP contribution in [0.5, 0.6) is 0 Å². The summed E-state index contributed by atoms with van der Waals surface area (Å²) in [5.74, 6) is -0.512. The molecule has 1 unspecified atom stereocenters. The Labute approximate surface area is 122 Å². The lowest BCUT2D eigenvalue weighted by molar-refractivity contribution is 0.615. The van der Waals surface area contributed by atoms with Gasteiger partial charge in [0, 0.05) is 16.3 Å². The molecule has 2 aromatic carbocycles. The molecular weight excluding hydrogens is 308 g/mol. The van der Waals surface area contributed by atoms with E-state index in [-0.39, 0.29) is 16.3 Å². The molecule has 0 fully saturated rings. The summed E-state index contributed by atoms with van der Waals surface area (Å²) in [5, 5.41) is 0.547. The SMILES string of the molecule is Nc1ccc(S(=O)Cc2c(F)cccc2Cl)c(Cl)c1. The summed E-state index contributed by atoms with van der Waals surface area (Å²) in [6.45, 7) is 0. The normalized spacial score (nSPS) is 12.4. The molecule has 100 valence electrons. The molecule has 0 amide bonds. The van der Waals surface area contributed by atoms with Crippen LogP contribution in [0.25, 0.3) is 0 Å². The van der Waals surface area contributed by atoms with E-state index in [1.165, 1.54) is 18.2 Å². The molecule has 0 heterocycles. The summed E-state index contributed by atoms with van der Waals surface area (Å²) in [4.78, 5) is 0.412. The van der Waals surface area contributed by atoms with E-state index >= 15 is 0 Å². The van der Waals surface area contributed by atoms with Gasteiger partial charge in [-0.25, -0.2) is 4.39 Å². The van der Waals surface area contributed by atoms with Crippen LogP contribution in [0.1, 0.15) is 5.56 Å². The Morgan fingerprint density at radius 3 is 2.53 bits per heavy atom. The number of nitrogens with two attached hydrogens (primary N) is 1. The number of anilines is 1. The molecule has 2 N–H and O–H groups in total. The van der Waals surface area contributed by atoms with E-state index in [0.717, 1.165) is 0 Å². The van der Waals surface area contributed by atoms with Gasteiger partial charge in [0.25, 0.3) is 0 Å². The standard InChI is InChI=1S/C13H10Cl2FNOS/c14-10-2-1-3-12(16)9(10)7-19(18)13-5-4-8(17)6-11(13)15/h1-6H,7,17H2. The smallest absolute Gasteiger partial charge is 0.128 e. The Balaban J connectivity index is 2.31. The van der Waals surface area contributed by atoms with Crippen LogP contribution in [-0.4, -0.2) is 4.21 Å². The first-order valence-corrected chi connectivity index (χ1v) is 7.43. The number of hydrogen-bond acceptors (Lipinski definition) is 2. The van der Waals surface area contributed by atoms with Gasteiger partial charge in [-0.3, -0.25) is 4.21 Å². The lowest BCUT2D eigenvalue weighted by atomic mass is 10.2. The van der Waals surface area contributed by atoms with Gasteiger partial charge in [0.05, 0.1) is 26.5 Å². The van der Waals surface area contributed by atoms with Crippen LogP contribution in [0.2, 0.25) is 10.0 Å². The molecule has 2 rings (SSSR count). The average molecular weight is 318 g/mol. The molecule has 0 radical (unpaired) electrons. The second kappa shape index (κ2) is 5.90. The quantitative estimate of drug-likeness (QED) is 0.869. The topological polar surface area (TPSA) is 43.1 Å². The van der Waals surface area contributed by atoms with E-state index in [0.29, 0.717) is 15.6 Å². The molecule has 0 bridgehead atoms. The second-order valence-corrected chi connectivity index (χ2v) is 6.11. The highest BCUT2D eigenvalue weighted by molar-refractivity contribution is 7.84. The van der Waals surface area contributed by atoms with Crippen LogP contribution in [0.3, 0.4) is 0 Å². The first-order chi connectivity index (χ1) is 8.99. The van der Waals surface area contributed by atoms with E-state index in [1.807, 2.05) is 0 Å². The Hall–Kier alpha value is -1.10. The summed E-state index contributed by atoms with van der Waals surface area (Å²) in [6, 6.07) is 9.02. The Morgan fingerprint density at radius 1 is 1.16 bits per heavy atom. The Morgan fingerprint density at radius 2 is 1.89 bits per heavy atom. The minimum atomic E-state index is -1.49. The van der Waals surface area contributed by atoms with Gasteiger partial charge in [0.2, 0.25) is 0 Å². The largest absolute Gasteiger partial charge is 0.399 e. The van der Waals surface area contributed by atoms with Crippen molar-refractivity contribution >= 4 is 39.7 Å². The zero-order valence-electron chi connectivity index (χ0n) is 9.70. The summed E-state index contributed by atoms with van der Waals surface area (Å²) in [5.41, 5.74) is 6.26. The minimum absolute atomic E-state index is 0.0326. The summed E-state index contributed by atoms with van der Waals surface area (Å²) >= 11 is 11.9. The zero-order chi connectivity index (χ0) is 14.0. The third-order valence-corrected chi connectivity index (χ3v) is 4.71. The predicted molar refractivity (Wildman–Crippen MR) is 77.4 cm³/mol. The van der Waals surface area contributed by atoms with Crippen LogP contribution in [0.4, 0.5) is 10.1 Å². The van der Waals surface area contributed by atoms with E-state index in [4.69, 9.17) is 28.9 Å². The fourth-order valence-corrected chi connectivity index (χ4v) is 3.54. The van der Waals surface area contributed by atoms with Crippen LogP contribution < -0.4 is 5.73 Å². The molecule has 2 aromatic rings. The third-order valence-electron chi connectivity index (χ3n) is 2.54. The van der Waals surface area contributed by atoms with E-state index in [1.54, 1.807) is 18.2 Å². The molecule has 0 aliphatic carbocycles. The highest BCUT2D eigenvalue weighted by Crippen LogP contribution is 2.27. The fraction of sp³-hybridized carbons (Fsp3) is 0.0769. The number of benzene rings is 2. The van der Waals surface area contributed by atoms with E-state index < -0.39 is 16.6 Å². The molecule has 6 heteroatoms. The molecule has 0 spiro atoms. The second-order valence-electron chi connectivity index (χ2n) is 3.88. The van der Waals surface area contributed by atoms with Crippen molar-refractivity contribution in [3.63, 3.8) is 0 Å². The summed E-state index contributed by atoms with van der Waals surface area (Å²) < 4.78 is 25.8. The number of hydrogen-bond donors (Lipinski definition) is 1. The summed E-state index contributed by atoms with van der Waals surface area (Å²) in [7, 11) is -1.49. The van der Waals surface area contributed by atoms with Gasteiger partial charge in [0.15, 0.2) is 0 Å². The number of halogens is 3. The average Bonchev–Trinajstić information content (AvgIpc) is 2.33. The molecule has 0 aliphatic rings. The predicted octanol–water partition coefficient (Wildman–Crippen LogP) is 4.02. The van der Waals surface area contributed by atoms with Gasteiger partial charge in [0.1, 0.15) is 5.82 Å². The zero-order valence-corrected chi connectivity index (χ0v) is 12.0.